The van der Waals surface area contributed by atoms with E-state index in [4.69, 9.17) is 0 Å². The van der Waals surface area contributed by atoms with Crippen molar-refractivity contribution < 1.29 is 5.11 Å². The highest BCUT2D eigenvalue weighted by Gasteiger charge is 2.11. The molecular formula is C10H11N3O3S. The number of aromatic amines is 1. The standard InChI is InChI=1S/C10H11N3O3S/c1-5-8(14)12-10(16)13(9(5)15)4-7-3-11-6(2)17-7/h3,15H,4H2,1-2H3,(H,12,14,16). The first-order valence-electron chi connectivity index (χ1n) is 4.93. The molecule has 0 fully saturated rings. The fraction of sp³-hybridized carbons (Fsp3) is 0.300. The first-order chi connectivity index (χ1) is 7.99. The smallest absolute Gasteiger partial charge is 0.331 e. The summed E-state index contributed by atoms with van der Waals surface area (Å²) in [5, 5.41) is 10.6. The number of rotatable bonds is 2. The summed E-state index contributed by atoms with van der Waals surface area (Å²) in [7, 11) is 0. The van der Waals surface area contributed by atoms with Gasteiger partial charge in [0.2, 0.25) is 5.88 Å². The Morgan fingerprint density at radius 2 is 2.18 bits per heavy atom. The van der Waals surface area contributed by atoms with E-state index in [0.717, 1.165) is 14.5 Å². The molecule has 0 spiro atoms. The topological polar surface area (TPSA) is 88.0 Å². The van der Waals surface area contributed by atoms with Gasteiger partial charge in [-0.1, -0.05) is 0 Å². The molecule has 0 aliphatic carbocycles. The number of aromatic nitrogens is 3. The Balaban J connectivity index is 2.50. The van der Waals surface area contributed by atoms with Gasteiger partial charge in [-0.15, -0.1) is 11.3 Å². The first kappa shape index (κ1) is 11.6. The summed E-state index contributed by atoms with van der Waals surface area (Å²) < 4.78 is 1.11. The lowest BCUT2D eigenvalue weighted by atomic mass is 10.3. The molecule has 7 heteroatoms. The van der Waals surface area contributed by atoms with E-state index in [1.54, 1.807) is 6.20 Å². The van der Waals surface area contributed by atoms with Gasteiger partial charge in [-0.3, -0.25) is 14.3 Å². The Morgan fingerprint density at radius 3 is 2.76 bits per heavy atom. The van der Waals surface area contributed by atoms with Gasteiger partial charge in [-0.25, -0.2) is 9.78 Å². The molecule has 2 heterocycles. The number of hydrogen-bond acceptors (Lipinski definition) is 5. The summed E-state index contributed by atoms with van der Waals surface area (Å²) in [6, 6.07) is 0. The van der Waals surface area contributed by atoms with Gasteiger partial charge in [0.25, 0.3) is 5.56 Å². The van der Waals surface area contributed by atoms with Crippen molar-refractivity contribution in [3.05, 3.63) is 42.5 Å². The van der Waals surface area contributed by atoms with Crippen LogP contribution >= 0.6 is 11.3 Å². The molecule has 0 aliphatic heterocycles. The van der Waals surface area contributed by atoms with Crippen LogP contribution in [0.25, 0.3) is 0 Å². The minimum Gasteiger partial charge on any atom is -0.494 e. The van der Waals surface area contributed by atoms with Crippen LogP contribution in [0.4, 0.5) is 0 Å². The van der Waals surface area contributed by atoms with E-state index < -0.39 is 11.2 Å². The van der Waals surface area contributed by atoms with Gasteiger partial charge in [0.15, 0.2) is 0 Å². The molecule has 0 aromatic carbocycles. The molecule has 0 unspecified atom stereocenters. The second-order valence-corrected chi connectivity index (χ2v) is 4.96. The van der Waals surface area contributed by atoms with Gasteiger partial charge in [-0.05, 0) is 13.8 Å². The Bertz CT molecular complexity index is 668. The first-order valence-corrected chi connectivity index (χ1v) is 5.74. The number of aryl methyl sites for hydroxylation is 1. The largest absolute Gasteiger partial charge is 0.494 e. The van der Waals surface area contributed by atoms with Gasteiger partial charge in [0.05, 0.1) is 17.1 Å². The number of H-pyrrole nitrogens is 1. The Kier molecular flexibility index (Phi) is 2.84. The highest BCUT2D eigenvalue weighted by atomic mass is 32.1. The van der Waals surface area contributed by atoms with Crippen LogP contribution in [0.5, 0.6) is 5.88 Å². The number of nitrogens with zero attached hydrogens (tertiary/aromatic N) is 2. The molecule has 0 radical (unpaired) electrons. The number of hydrogen-bond donors (Lipinski definition) is 2. The van der Waals surface area contributed by atoms with Crippen LogP contribution in [0.2, 0.25) is 0 Å². The number of nitrogens with one attached hydrogen (secondary N) is 1. The van der Waals surface area contributed by atoms with Gasteiger partial charge in [-0.2, -0.15) is 0 Å². The maximum Gasteiger partial charge on any atom is 0.331 e. The zero-order valence-corrected chi connectivity index (χ0v) is 10.2. The molecule has 0 saturated carbocycles. The van der Waals surface area contributed by atoms with Gasteiger partial charge < -0.3 is 5.11 Å². The lowest BCUT2D eigenvalue weighted by Gasteiger charge is -2.07. The zero-order chi connectivity index (χ0) is 12.6. The fourth-order valence-corrected chi connectivity index (χ4v) is 2.22. The minimum atomic E-state index is -0.621. The summed E-state index contributed by atoms with van der Waals surface area (Å²) >= 11 is 1.44. The summed E-state index contributed by atoms with van der Waals surface area (Å²) in [5.41, 5.74) is -1.06. The van der Waals surface area contributed by atoms with Crippen LogP contribution in [0, 0.1) is 13.8 Å². The molecule has 2 rings (SSSR count). The third-order valence-corrected chi connectivity index (χ3v) is 3.28. The van der Waals surface area contributed by atoms with E-state index in [0.29, 0.717) is 0 Å². The van der Waals surface area contributed by atoms with Crippen LogP contribution < -0.4 is 11.2 Å². The molecule has 6 nitrogen and oxygen atoms in total. The molecule has 2 aromatic heterocycles. The van der Waals surface area contributed by atoms with E-state index in [2.05, 4.69) is 9.97 Å². The van der Waals surface area contributed by atoms with E-state index in [1.807, 2.05) is 6.92 Å². The van der Waals surface area contributed by atoms with Crippen molar-refractivity contribution in [3.8, 4) is 5.88 Å². The maximum absolute atomic E-state index is 11.6. The van der Waals surface area contributed by atoms with Crippen molar-refractivity contribution in [3.63, 3.8) is 0 Å². The fourth-order valence-electron chi connectivity index (χ4n) is 1.44. The average Bonchev–Trinajstić information content (AvgIpc) is 2.67. The van der Waals surface area contributed by atoms with E-state index in [-0.39, 0.29) is 18.0 Å². The van der Waals surface area contributed by atoms with Crippen LogP contribution in [0.1, 0.15) is 15.4 Å². The molecule has 0 bridgehead atoms. The summed E-state index contributed by atoms with van der Waals surface area (Å²) in [6.07, 6.45) is 1.65. The normalized spacial score (nSPS) is 10.7. The molecule has 2 N–H and O–H groups in total. The molecule has 0 saturated heterocycles. The highest BCUT2D eigenvalue weighted by molar-refractivity contribution is 7.11. The van der Waals surface area contributed by atoms with Crippen molar-refractivity contribution in [2.45, 2.75) is 20.4 Å². The SMILES string of the molecule is Cc1ncc(Cn2c(O)c(C)c(=O)[nH]c2=O)s1. The maximum atomic E-state index is 11.6. The molecule has 17 heavy (non-hydrogen) atoms. The second-order valence-electron chi connectivity index (χ2n) is 3.64. The molecule has 2 aromatic rings. The monoisotopic (exact) mass is 253 g/mol. The third kappa shape index (κ3) is 2.14. The van der Waals surface area contributed by atoms with Crippen molar-refractivity contribution in [2.75, 3.05) is 0 Å². The Hall–Kier alpha value is -1.89. The second kappa shape index (κ2) is 4.17. The van der Waals surface area contributed by atoms with E-state index in [9.17, 15) is 14.7 Å². The quantitative estimate of drug-likeness (QED) is 0.809. The van der Waals surface area contributed by atoms with Crippen molar-refractivity contribution in [1.82, 2.24) is 14.5 Å². The van der Waals surface area contributed by atoms with Crippen molar-refractivity contribution in [2.24, 2.45) is 0 Å². The molecule has 0 aliphatic rings. The predicted molar refractivity (Wildman–Crippen MR) is 63.7 cm³/mol. The average molecular weight is 253 g/mol. The van der Waals surface area contributed by atoms with Crippen LogP contribution in [0.3, 0.4) is 0 Å². The van der Waals surface area contributed by atoms with Gasteiger partial charge in [0, 0.05) is 11.1 Å². The van der Waals surface area contributed by atoms with E-state index >= 15 is 0 Å². The van der Waals surface area contributed by atoms with E-state index in [1.165, 1.54) is 18.3 Å². The minimum absolute atomic E-state index is 0.130. The summed E-state index contributed by atoms with van der Waals surface area (Å²) in [5.74, 6) is -0.301. The molecule has 0 amide bonds. The Labute approximate surface area is 100 Å². The van der Waals surface area contributed by atoms with Crippen molar-refractivity contribution in [1.29, 1.82) is 0 Å². The van der Waals surface area contributed by atoms with Crippen LogP contribution in [-0.4, -0.2) is 19.6 Å². The van der Waals surface area contributed by atoms with Crippen molar-refractivity contribution >= 4 is 11.3 Å². The third-order valence-electron chi connectivity index (χ3n) is 2.38. The highest BCUT2D eigenvalue weighted by Crippen LogP contribution is 2.15. The van der Waals surface area contributed by atoms with Gasteiger partial charge >= 0.3 is 5.69 Å². The van der Waals surface area contributed by atoms with Gasteiger partial charge in [0.1, 0.15) is 0 Å². The zero-order valence-electron chi connectivity index (χ0n) is 9.35. The van der Waals surface area contributed by atoms with Crippen LogP contribution in [0.15, 0.2) is 15.8 Å². The van der Waals surface area contributed by atoms with Crippen LogP contribution in [-0.2, 0) is 6.54 Å². The lowest BCUT2D eigenvalue weighted by molar-refractivity contribution is 0.405. The molecular weight excluding hydrogens is 242 g/mol. The summed E-state index contributed by atoms with van der Waals surface area (Å²) in [4.78, 5) is 29.8. The summed E-state index contributed by atoms with van der Waals surface area (Å²) in [6.45, 7) is 3.52. The number of aromatic hydroxyl groups is 1. The molecule has 0 atom stereocenters. The molecule has 90 valence electrons. The lowest BCUT2D eigenvalue weighted by Crippen LogP contribution is -2.31. The predicted octanol–water partition coefficient (Wildman–Crippen LogP) is 0.364. The number of thiazole rings is 1. The Morgan fingerprint density at radius 1 is 1.47 bits per heavy atom.